The maximum absolute atomic E-state index is 12.1. The Morgan fingerprint density at radius 1 is 1.25 bits per heavy atom. The summed E-state index contributed by atoms with van der Waals surface area (Å²) in [6.45, 7) is 5.22. The van der Waals surface area contributed by atoms with Crippen molar-refractivity contribution in [1.29, 1.82) is 0 Å². The van der Waals surface area contributed by atoms with Crippen LogP contribution in [0, 0.1) is 0 Å². The van der Waals surface area contributed by atoms with Gasteiger partial charge >= 0.3 is 0 Å². The molecule has 3 N–H and O–H groups in total. The van der Waals surface area contributed by atoms with Crippen LogP contribution < -0.4 is 16.2 Å². The van der Waals surface area contributed by atoms with Gasteiger partial charge in [-0.1, -0.05) is 0 Å². The van der Waals surface area contributed by atoms with E-state index in [1.807, 2.05) is 0 Å². The molecule has 0 aliphatic carbocycles. The first-order valence-corrected chi connectivity index (χ1v) is 7.72. The Hall–Kier alpha value is -2.09. The predicted molar refractivity (Wildman–Crippen MR) is 93.7 cm³/mol. The van der Waals surface area contributed by atoms with Gasteiger partial charge in [0.2, 0.25) is 0 Å². The first-order chi connectivity index (χ1) is 11.2. The van der Waals surface area contributed by atoms with Gasteiger partial charge in [-0.3, -0.25) is 14.5 Å². The molecule has 0 bridgehead atoms. The number of amides is 1. The van der Waals surface area contributed by atoms with Crippen molar-refractivity contribution in [3.05, 3.63) is 46.4 Å². The number of hydrogen-bond donors (Lipinski definition) is 3. The van der Waals surface area contributed by atoms with Gasteiger partial charge in [-0.25, -0.2) is 0 Å². The summed E-state index contributed by atoms with van der Waals surface area (Å²) in [7, 11) is 0. The van der Waals surface area contributed by atoms with Crippen LogP contribution in [0.1, 0.15) is 10.4 Å². The Labute approximate surface area is 145 Å². The van der Waals surface area contributed by atoms with Crippen molar-refractivity contribution in [2.24, 2.45) is 0 Å². The number of nitrogens with one attached hydrogen (secondary N) is 3. The van der Waals surface area contributed by atoms with E-state index in [2.05, 4.69) is 20.5 Å². The molecule has 130 valence electrons. The molecule has 7 nitrogen and oxygen atoms in total. The highest BCUT2D eigenvalue weighted by molar-refractivity contribution is 5.94. The normalized spacial score (nSPS) is 14.8. The summed E-state index contributed by atoms with van der Waals surface area (Å²) in [6, 6.07) is 6.69. The topological polar surface area (TPSA) is 90.4 Å². The molecule has 2 aromatic heterocycles. The zero-order valence-electron chi connectivity index (χ0n) is 13.2. The molecule has 1 aliphatic rings. The van der Waals surface area contributed by atoms with E-state index < -0.39 is 5.56 Å². The zero-order chi connectivity index (χ0) is 16.1. The van der Waals surface area contributed by atoms with Crippen LogP contribution in [0.15, 0.2) is 39.7 Å². The lowest BCUT2D eigenvalue weighted by molar-refractivity contribution is 0.0946. The van der Waals surface area contributed by atoms with Crippen LogP contribution in [0.2, 0.25) is 0 Å². The van der Waals surface area contributed by atoms with Gasteiger partial charge in [0.15, 0.2) is 0 Å². The monoisotopic (exact) mass is 352 g/mol. The fourth-order valence-corrected chi connectivity index (χ4v) is 2.59. The minimum Gasteiger partial charge on any atom is -0.463 e. The molecule has 0 saturated carbocycles. The predicted octanol–water partition coefficient (Wildman–Crippen LogP) is 0.692. The highest BCUT2D eigenvalue weighted by Gasteiger charge is 2.13. The van der Waals surface area contributed by atoms with Gasteiger partial charge in [0, 0.05) is 39.3 Å². The number of nitrogens with zero attached hydrogens (tertiary/aromatic N) is 1. The van der Waals surface area contributed by atoms with E-state index in [-0.39, 0.29) is 23.9 Å². The summed E-state index contributed by atoms with van der Waals surface area (Å²) in [6.07, 6.45) is 1.53. The van der Waals surface area contributed by atoms with Gasteiger partial charge in [0.25, 0.3) is 11.5 Å². The zero-order valence-corrected chi connectivity index (χ0v) is 14.0. The highest BCUT2D eigenvalue weighted by atomic mass is 35.5. The number of rotatable bonds is 5. The molecule has 0 aromatic carbocycles. The lowest BCUT2D eigenvalue weighted by atomic mass is 10.2. The number of pyridine rings is 1. The third kappa shape index (κ3) is 4.47. The van der Waals surface area contributed by atoms with Crippen molar-refractivity contribution in [2.45, 2.75) is 0 Å². The summed E-state index contributed by atoms with van der Waals surface area (Å²) >= 11 is 0. The standard InChI is InChI=1S/C16H20N4O3.ClH/c21-15(18-7-10-20-8-5-17-6-9-20)12-3-4-13(19-16(12)22)14-2-1-11-23-14;/h1-4,11,17H,5-10H2,(H,18,21)(H,19,22);1H. The fraction of sp³-hybridized carbons (Fsp3) is 0.375. The molecule has 24 heavy (non-hydrogen) atoms. The lowest BCUT2D eigenvalue weighted by Gasteiger charge is -2.27. The molecule has 0 radical (unpaired) electrons. The molecule has 0 unspecified atom stereocenters. The summed E-state index contributed by atoms with van der Waals surface area (Å²) < 4.78 is 5.23. The number of aromatic nitrogens is 1. The van der Waals surface area contributed by atoms with Crippen molar-refractivity contribution in [1.82, 2.24) is 20.5 Å². The summed E-state index contributed by atoms with van der Waals surface area (Å²) in [5.41, 5.74) is 0.247. The van der Waals surface area contributed by atoms with Crippen LogP contribution in [0.4, 0.5) is 0 Å². The second-order valence-corrected chi connectivity index (χ2v) is 5.44. The lowest BCUT2D eigenvalue weighted by Crippen LogP contribution is -2.46. The van der Waals surface area contributed by atoms with E-state index >= 15 is 0 Å². The Balaban J connectivity index is 0.00000208. The van der Waals surface area contributed by atoms with E-state index in [1.165, 1.54) is 12.3 Å². The first-order valence-electron chi connectivity index (χ1n) is 7.72. The van der Waals surface area contributed by atoms with Crippen molar-refractivity contribution < 1.29 is 9.21 Å². The van der Waals surface area contributed by atoms with E-state index in [0.717, 1.165) is 32.7 Å². The Kier molecular flexibility index (Phi) is 6.60. The van der Waals surface area contributed by atoms with Gasteiger partial charge in [-0.15, -0.1) is 12.4 Å². The number of piperazine rings is 1. The van der Waals surface area contributed by atoms with Crippen molar-refractivity contribution >= 4 is 18.3 Å². The summed E-state index contributed by atoms with van der Waals surface area (Å²) in [5, 5.41) is 6.08. The second kappa shape index (κ2) is 8.68. The van der Waals surface area contributed by atoms with Crippen LogP contribution >= 0.6 is 12.4 Å². The SMILES string of the molecule is Cl.O=C(NCCN1CCNCC1)c1ccc(-c2ccco2)[nH]c1=O. The number of furan rings is 1. The summed E-state index contributed by atoms with van der Waals surface area (Å²) in [5.74, 6) is 0.208. The molecule has 1 aliphatic heterocycles. The average Bonchev–Trinajstić information content (AvgIpc) is 3.10. The molecular weight excluding hydrogens is 332 g/mol. The van der Waals surface area contributed by atoms with Gasteiger partial charge < -0.3 is 20.0 Å². The number of H-pyrrole nitrogens is 1. The van der Waals surface area contributed by atoms with E-state index in [1.54, 1.807) is 18.2 Å². The average molecular weight is 353 g/mol. The number of hydrogen-bond acceptors (Lipinski definition) is 5. The molecule has 3 heterocycles. The molecule has 0 spiro atoms. The molecule has 1 fully saturated rings. The van der Waals surface area contributed by atoms with Gasteiger partial charge in [0.1, 0.15) is 11.3 Å². The van der Waals surface area contributed by atoms with Crippen LogP contribution in [-0.2, 0) is 0 Å². The number of carbonyl (C=O) groups excluding carboxylic acids is 1. The Bertz CT molecular complexity index is 708. The number of aromatic amines is 1. The van der Waals surface area contributed by atoms with Crippen LogP contribution in [0.25, 0.3) is 11.5 Å². The Morgan fingerprint density at radius 3 is 2.71 bits per heavy atom. The largest absolute Gasteiger partial charge is 0.463 e. The van der Waals surface area contributed by atoms with E-state index in [9.17, 15) is 9.59 Å². The highest BCUT2D eigenvalue weighted by Crippen LogP contribution is 2.15. The van der Waals surface area contributed by atoms with E-state index in [0.29, 0.717) is 18.0 Å². The van der Waals surface area contributed by atoms with Crippen molar-refractivity contribution in [3.63, 3.8) is 0 Å². The molecule has 8 heteroatoms. The molecular formula is C16H21ClN4O3. The Morgan fingerprint density at radius 2 is 2.04 bits per heavy atom. The van der Waals surface area contributed by atoms with Crippen LogP contribution in [0.5, 0.6) is 0 Å². The number of halogens is 1. The minimum atomic E-state index is -0.418. The molecule has 1 amide bonds. The summed E-state index contributed by atoms with van der Waals surface area (Å²) in [4.78, 5) is 29.1. The van der Waals surface area contributed by atoms with E-state index in [4.69, 9.17) is 4.42 Å². The van der Waals surface area contributed by atoms with Gasteiger partial charge in [-0.05, 0) is 24.3 Å². The second-order valence-electron chi connectivity index (χ2n) is 5.44. The van der Waals surface area contributed by atoms with Crippen molar-refractivity contribution in [3.8, 4) is 11.5 Å². The smallest absolute Gasteiger partial charge is 0.261 e. The molecule has 1 saturated heterocycles. The molecule has 0 atom stereocenters. The third-order valence-corrected chi connectivity index (χ3v) is 3.86. The number of carbonyl (C=O) groups is 1. The minimum absolute atomic E-state index is 0. The third-order valence-electron chi connectivity index (χ3n) is 3.86. The quantitative estimate of drug-likeness (QED) is 0.736. The molecule has 3 rings (SSSR count). The maximum Gasteiger partial charge on any atom is 0.261 e. The van der Waals surface area contributed by atoms with Crippen LogP contribution in [0.3, 0.4) is 0 Å². The van der Waals surface area contributed by atoms with Crippen LogP contribution in [-0.4, -0.2) is 55.1 Å². The van der Waals surface area contributed by atoms with Gasteiger partial charge in [-0.2, -0.15) is 0 Å². The first kappa shape index (κ1) is 18.3. The van der Waals surface area contributed by atoms with Gasteiger partial charge in [0.05, 0.1) is 12.0 Å². The van der Waals surface area contributed by atoms with Crippen molar-refractivity contribution in [2.75, 3.05) is 39.3 Å². The maximum atomic E-state index is 12.1. The fourth-order valence-electron chi connectivity index (χ4n) is 2.59. The molecule has 2 aromatic rings.